The zero-order valence-electron chi connectivity index (χ0n) is 13.7. The lowest BCUT2D eigenvalue weighted by atomic mass is 10.0. The number of aromatic nitrogens is 5. The van der Waals surface area contributed by atoms with Gasteiger partial charge < -0.3 is 4.57 Å². The largest absolute Gasteiger partial charge is 0.332 e. The summed E-state index contributed by atoms with van der Waals surface area (Å²) in [5.41, 5.74) is 1.39. The minimum Gasteiger partial charge on any atom is -0.332 e. The number of tetrazole rings is 1. The van der Waals surface area contributed by atoms with E-state index in [0.717, 1.165) is 16.3 Å². The Kier molecular flexibility index (Phi) is 4.10. The van der Waals surface area contributed by atoms with Gasteiger partial charge >= 0.3 is 0 Å². The molecule has 2 aromatic carbocycles. The van der Waals surface area contributed by atoms with E-state index in [0.29, 0.717) is 24.2 Å². The van der Waals surface area contributed by atoms with Crippen molar-refractivity contribution in [3.8, 4) is 0 Å². The van der Waals surface area contributed by atoms with E-state index in [4.69, 9.17) is 0 Å². The Labute approximate surface area is 148 Å². The molecule has 0 spiro atoms. The van der Waals surface area contributed by atoms with E-state index in [-0.39, 0.29) is 6.04 Å². The molecule has 0 saturated carbocycles. The monoisotopic (exact) mass is 345 g/mol. The number of benzene rings is 2. The van der Waals surface area contributed by atoms with E-state index < -0.39 is 5.78 Å². The van der Waals surface area contributed by atoms with Crippen molar-refractivity contribution in [2.24, 2.45) is 0 Å². The van der Waals surface area contributed by atoms with Gasteiger partial charge in [0.15, 0.2) is 12.1 Å². The Morgan fingerprint density at radius 3 is 2.62 bits per heavy atom. The average molecular weight is 345 g/mol. The van der Waals surface area contributed by atoms with Gasteiger partial charge in [0.2, 0.25) is 5.78 Å². The van der Waals surface area contributed by atoms with E-state index in [9.17, 15) is 9.59 Å². The van der Waals surface area contributed by atoms with Crippen molar-refractivity contribution in [1.82, 2.24) is 25.2 Å². The molecule has 1 unspecified atom stereocenters. The predicted molar refractivity (Wildman–Crippen MR) is 94.8 cm³/mol. The molecule has 7 nitrogen and oxygen atoms in total. The summed E-state index contributed by atoms with van der Waals surface area (Å²) in [6.45, 7) is 0. The van der Waals surface area contributed by atoms with Crippen LogP contribution in [-0.2, 0) is 11.2 Å². The van der Waals surface area contributed by atoms with Crippen LogP contribution in [0.4, 0.5) is 0 Å². The minimum absolute atomic E-state index is 0.335. The molecule has 0 aliphatic carbocycles. The quantitative estimate of drug-likeness (QED) is 0.329. The molecule has 1 N–H and O–H groups in total. The summed E-state index contributed by atoms with van der Waals surface area (Å²) in [6, 6.07) is 16.9. The number of carbonyl (C=O) groups is 2. The van der Waals surface area contributed by atoms with Crippen molar-refractivity contribution in [3.05, 3.63) is 77.9 Å². The minimum atomic E-state index is -0.576. The first-order chi connectivity index (χ1) is 12.8. The molecule has 0 amide bonds. The average Bonchev–Trinajstić information content (AvgIpc) is 3.34. The van der Waals surface area contributed by atoms with E-state index in [1.807, 2.05) is 60.8 Å². The zero-order valence-corrected chi connectivity index (χ0v) is 13.7. The third kappa shape index (κ3) is 2.79. The van der Waals surface area contributed by atoms with Gasteiger partial charge in [0.25, 0.3) is 0 Å². The fourth-order valence-electron chi connectivity index (χ4n) is 3.20. The Morgan fingerprint density at radius 2 is 1.88 bits per heavy atom. The molecule has 128 valence electrons. The number of rotatable bonds is 6. The third-order valence-electron chi connectivity index (χ3n) is 4.36. The molecule has 0 aliphatic rings. The molecule has 2 heterocycles. The van der Waals surface area contributed by atoms with Gasteiger partial charge in [-0.25, -0.2) is 0 Å². The van der Waals surface area contributed by atoms with Crippen LogP contribution in [0.15, 0.2) is 60.8 Å². The lowest BCUT2D eigenvalue weighted by molar-refractivity contribution is -0.104. The van der Waals surface area contributed by atoms with Crippen LogP contribution in [0, 0.1) is 0 Å². The molecular weight excluding hydrogens is 330 g/mol. The molecular formula is C19H15N5O2. The second-order valence-electron chi connectivity index (χ2n) is 5.93. The molecule has 0 aliphatic heterocycles. The number of hydrogen-bond donors (Lipinski definition) is 1. The lowest BCUT2D eigenvalue weighted by Crippen LogP contribution is -2.20. The van der Waals surface area contributed by atoms with Crippen molar-refractivity contribution in [2.75, 3.05) is 0 Å². The van der Waals surface area contributed by atoms with Crippen LogP contribution in [-0.4, -0.2) is 37.3 Å². The maximum absolute atomic E-state index is 12.4. The molecule has 26 heavy (non-hydrogen) atoms. The molecule has 4 rings (SSSR count). The highest BCUT2D eigenvalue weighted by atomic mass is 16.2. The highest BCUT2D eigenvalue weighted by Gasteiger charge is 2.25. The predicted octanol–water partition coefficient (Wildman–Crippen LogP) is 2.37. The summed E-state index contributed by atoms with van der Waals surface area (Å²) in [7, 11) is 0. The molecule has 0 bridgehead atoms. The van der Waals surface area contributed by atoms with Gasteiger partial charge in [0, 0.05) is 23.4 Å². The highest BCUT2D eigenvalue weighted by molar-refractivity contribution is 6.35. The van der Waals surface area contributed by atoms with Crippen molar-refractivity contribution in [2.45, 2.75) is 12.5 Å². The summed E-state index contributed by atoms with van der Waals surface area (Å²) in [5, 5.41) is 16.0. The van der Waals surface area contributed by atoms with Crippen molar-refractivity contribution in [3.63, 3.8) is 0 Å². The topological polar surface area (TPSA) is 93.5 Å². The molecule has 2 aromatic heterocycles. The maximum atomic E-state index is 12.4. The Hall–Kier alpha value is -3.61. The summed E-state index contributed by atoms with van der Waals surface area (Å²) >= 11 is 0. The van der Waals surface area contributed by atoms with Crippen LogP contribution in [0.5, 0.6) is 0 Å². The molecule has 7 heteroatoms. The third-order valence-corrected chi connectivity index (χ3v) is 4.36. The number of H-pyrrole nitrogens is 1. The van der Waals surface area contributed by atoms with Crippen LogP contribution < -0.4 is 0 Å². The second-order valence-corrected chi connectivity index (χ2v) is 5.93. The first kappa shape index (κ1) is 15.9. The number of aldehydes is 1. The van der Waals surface area contributed by atoms with Crippen LogP contribution in [0.25, 0.3) is 10.8 Å². The standard InChI is InChI=1S/C19H15N5O2/c25-12-17(26)18-15-9-5-4-8-14(15)11-24(18)16(19-20-22-23-21-19)10-13-6-2-1-3-7-13/h1-9,11-12,16H,10H2,(H,20,21,22,23). The highest BCUT2D eigenvalue weighted by Crippen LogP contribution is 2.29. The molecule has 0 fully saturated rings. The number of ketones is 1. The summed E-state index contributed by atoms with van der Waals surface area (Å²) < 4.78 is 1.78. The number of hydrogen-bond acceptors (Lipinski definition) is 5. The first-order valence-corrected chi connectivity index (χ1v) is 8.14. The number of aromatic amines is 1. The van der Waals surface area contributed by atoms with Gasteiger partial charge in [-0.1, -0.05) is 59.8 Å². The lowest BCUT2D eigenvalue weighted by Gasteiger charge is -2.18. The summed E-state index contributed by atoms with van der Waals surface area (Å²) in [5.74, 6) is -0.123. The first-order valence-electron chi connectivity index (χ1n) is 8.14. The molecule has 1 atom stereocenters. The van der Waals surface area contributed by atoms with E-state index in [2.05, 4.69) is 20.6 Å². The number of nitrogens with one attached hydrogen (secondary N) is 1. The number of carbonyl (C=O) groups excluding carboxylic acids is 2. The smallest absolute Gasteiger partial charge is 0.242 e. The van der Waals surface area contributed by atoms with Crippen LogP contribution in [0.3, 0.4) is 0 Å². The SMILES string of the molecule is O=CC(=O)c1c2ccccc2cn1C(Cc1ccccc1)c1nn[nH]n1. The summed E-state index contributed by atoms with van der Waals surface area (Å²) in [4.78, 5) is 23.6. The zero-order chi connectivity index (χ0) is 17.9. The van der Waals surface area contributed by atoms with E-state index in [1.165, 1.54) is 0 Å². The van der Waals surface area contributed by atoms with Gasteiger partial charge in [-0.05, 0) is 5.56 Å². The number of fused-ring (bicyclic) bond motifs is 1. The van der Waals surface area contributed by atoms with Crippen molar-refractivity contribution >= 4 is 22.8 Å². The van der Waals surface area contributed by atoms with Crippen molar-refractivity contribution < 1.29 is 9.59 Å². The van der Waals surface area contributed by atoms with E-state index in [1.54, 1.807) is 4.57 Å². The normalized spacial score (nSPS) is 12.2. The van der Waals surface area contributed by atoms with Crippen molar-refractivity contribution in [1.29, 1.82) is 0 Å². The van der Waals surface area contributed by atoms with Gasteiger partial charge in [-0.3, -0.25) is 9.59 Å². The van der Waals surface area contributed by atoms with Crippen LogP contribution >= 0.6 is 0 Å². The maximum Gasteiger partial charge on any atom is 0.242 e. The van der Waals surface area contributed by atoms with Gasteiger partial charge in [-0.15, -0.1) is 10.2 Å². The molecule has 0 radical (unpaired) electrons. The van der Waals surface area contributed by atoms with E-state index >= 15 is 0 Å². The fraction of sp³-hybridized carbons (Fsp3) is 0.105. The Balaban J connectivity index is 1.91. The second kappa shape index (κ2) is 6.72. The molecule has 0 saturated heterocycles. The number of nitrogens with zero attached hydrogens (tertiary/aromatic N) is 4. The van der Waals surface area contributed by atoms with Gasteiger partial charge in [-0.2, -0.15) is 5.21 Å². The Bertz CT molecular complexity index is 1050. The summed E-state index contributed by atoms with van der Waals surface area (Å²) in [6.07, 6.45) is 2.75. The van der Waals surface area contributed by atoms with Crippen LogP contribution in [0.1, 0.15) is 27.9 Å². The molecule has 4 aromatic rings. The number of Topliss-reactive ketones (excluding diaryl/α,β-unsaturated/α-hetero) is 1. The van der Waals surface area contributed by atoms with Crippen LogP contribution in [0.2, 0.25) is 0 Å². The van der Waals surface area contributed by atoms with Gasteiger partial charge in [0.1, 0.15) is 11.7 Å². The van der Waals surface area contributed by atoms with Gasteiger partial charge in [0.05, 0.1) is 0 Å². The fourth-order valence-corrected chi connectivity index (χ4v) is 3.20. The Morgan fingerprint density at radius 1 is 1.12 bits per heavy atom.